The molecule has 0 unspecified atom stereocenters. The van der Waals surface area contributed by atoms with Crippen LogP contribution in [0, 0.1) is 5.92 Å². The van der Waals surface area contributed by atoms with Crippen LogP contribution in [0.25, 0.3) is 0 Å². The summed E-state index contributed by atoms with van der Waals surface area (Å²) >= 11 is 0. The summed E-state index contributed by atoms with van der Waals surface area (Å²) in [6, 6.07) is 9.47. The lowest BCUT2D eigenvalue weighted by molar-refractivity contribution is -0.121. The van der Waals surface area contributed by atoms with E-state index in [-0.39, 0.29) is 25.7 Å². The van der Waals surface area contributed by atoms with Gasteiger partial charge in [-0.1, -0.05) is 30.3 Å². The fraction of sp³-hybridized carbons (Fsp3) is 0.500. The topological polar surface area (TPSA) is 115 Å². The van der Waals surface area contributed by atoms with Gasteiger partial charge in [-0.15, -0.1) is 5.10 Å². The first kappa shape index (κ1) is 23.7. The highest BCUT2D eigenvalue weighted by Gasteiger charge is 2.39. The first-order chi connectivity index (χ1) is 16.3. The fourth-order valence-corrected chi connectivity index (χ4v) is 4.46. The quantitative estimate of drug-likeness (QED) is 0.691. The average Bonchev–Trinajstić information content (AvgIpc) is 3.36. The lowest BCUT2D eigenvalue weighted by Crippen LogP contribution is -2.44. The molecule has 2 aromatic rings. The number of anilines is 1. The third-order valence-corrected chi connectivity index (χ3v) is 6.22. The van der Waals surface area contributed by atoms with Crippen molar-refractivity contribution in [2.24, 2.45) is 5.92 Å². The number of hydrogen-bond acceptors (Lipinski definition) is 7. The van der Waals surface area contributed by atoms with Gasteiger partial charge in [0.05, 0.1) is 23.8 Å². The first-order valence-electron chi connectivity index (χ1n) is 11.6. The minimum absolute atomic E-state index is 0.188. The first-order valence-corrected chi connectivity index (χ1v) is 11.6. The summed E-state index contributed by atoms with van der Waals surface area (Å²) in [5.41, 5.74) is 1.85. The molecule has 0 spiro atoms. The molecule has 1 saturated heterocycles. The summed E-state index contributed by atoms with van der Waals surface area (Å²) in [5.74, 6) is -0.291. The summed E-state index contributed by atoms with van der Waals surface area (Å²) in [5, 5.41) is 10.6. The predicted octanol–water partition coefficient (Wildman–Crippen LogP) is 3.21. The van der Waals surface area contributed by atoms with E-state index in [1.54, 1.807) is 11.8 Å². The van der Waals surface area contributed by atoms with E-state index in [2.05, 4.69) is 15.7 Å². The van der Waals surface area contributed by atoms with Gasteiger partial charge < -0.3 is 25.0 Å². The zero-order valence-electron chi connectivity index (χ0n) is 19.8. The van der Waals surface area contributed by atoms with Crippen molar-refractivity contribution >= 4 is 23.9 Å². The molecule has 182 valence electrons. The smallest absolute Gasteiger partial charge is 0.435 e. The second kappa shape index (κ2) is 9.84. The maximum atomic E-state index is 13.1. The molecule has 2 aliphatic heterocycles. The van der Waals surface area contributed by atoms with Crippen LogP contribution in [0.4, 0.5) is 15.4 Å². The highest BCUT2D eigenvalue weighted by atomic mass is 16.6. The number of ether oxygens (including phenoxy) is 2. The van der Waals surface area contributed by atoms with Gasteiger partial charge in [-0.05, 0) is 39.2 Å². The molecule has 3 heterocycles. The minimum atomic E-state index is -0.582. The van der Waals surface area contributed by atoms with Crippen LogP contribution in [0.3, 0.4) is 0 Å². The number of hydrogen-bond donors (Lipinski definition) is 2. The van der Waals surface area contributed by atoms with Crippen LogP contribution >= 0.6 is 0 Å². The molecular formula is C24H31N5O5. The monoisotopic (exact) mass is 469 g/mol. The van der Waals surface area contributed by atoms with Crippen LogP contribution < -0.4 is 10.6 Å². The molecule has 2 N–H and O–H groups in total. The van der Waals surface area contributed by atoms with Gasteiger partial charge in [0.1, 0.15) is 6.61 Å². The van der Waals surface area contributed by atoms with Crippen LogP contribution in [0.2, 0.25) is 0 Å². The third-order valence-electron chi connectivity index (χ3n) is 6.22. The van der Waals surface area contributed by atoms with Gasteiger partial charge in [0.25, 0.3) is 0 Å². The summed E-state index contributed by atoms with van der Waals surface area (Å²) in [6.45, 7) is 7.32. The molecular weight excluding hydrogens is 438 g/mol. The molecule has 0 radical (unpaired) electrons. The average molecular weight is 470 g/mol. The van der Waals surface area contributed by atoms with Crippen LogP contribution in [-0.4, -0.2) is 52.5 Å². The van der Waals surface area contributed by atoms with Gasteiger partial charge in [-0.25, -0.2) is 9.59 Å². The fourth-order valence-electron chi connectivity index (χ4n) is 4.46. The molecule has 0 bridgehead atoms. The molecule has 0 aliphatic carbocycles. The zero-order chi connectivity index (χ0) is 24.3. The normalized spacial score (nSPS) is 18.8. The van der Waals surface area contributed by atoms with E-state index in [4.69, 9.17) is 9.47 Å². The Kier molecular flexibility index (Phi) is 6.87. The Bertz CT molecular complexity index is 1070. The van der Waals surface area contributed by atoms with Crippen LogP contribution in [0.1, 0.15) is 50.4 Å². The Labute approximate surface area is 198 Å². The van der Waals surface area contributed by atoms with Crippen LogP contribution in [0.15, 0.2) is 30.3 Å². The van der Waals surface area contributed by atoms with Gasteiger partial charge in [-0.2, -0.15) is 4.68 Å². The lowest BCUT2D eigenvalue weighted by Gasteiger charge is -2.31. The molecule has 10 heteroatoms. The number of carbonyl (C=O) groups excluding carboxylic acids is 3. The largest absolute Gasteiger partial charge is 0.448 e. The number of aromatic nitrogens is 2. The molecule has 10 nitrogen and oxygen atoms in total. The minimum Gasteiger partial charge on any atom is -0.448 e. The Morgan fingerprint density at radius 3 is 2.68 bits per heavy atom. The molecule has 1 aromatic carbocycles. The SMILES string of the molecule is CCOC(=O)n1nc(NC(=O)[C@@H]2CCCN(C(=O)OCc3ccccc3)C2)c2c1C(C)(C)NC2. The molecule has 1 atom stereocenters. The Morgan fingerprint density at radius 2 is 1.94 bits per heavy atom. The summed E-state index contributed by atoms with van der Waals surface area (Å²) in [6.07, 6.45) is 0.335. The second-order valence-electron chi connectivity index (χ2n) is 9.08. The van der Waals surface area contributed by atoms with Crippen molar-refractivity contribution in [3.63, 3.8) is 0 Å². The van der Waals surface area contributed by atoms with Gasteiger partial charge in [-0.3, -0.25) is 4.79 Å². The highest BCUT2D eigenvalue weighted by molar-refractivity contribution is 5.93. The molecule has 0 saturated carbocycles. The van der Waals surface area contributed by atoms with Gasteiger partial charge in [0.2, 0.25) is 5.91 Å². The number of nitrogens with zero attached hydrogens (tertiary/aromatic N) is 3. The number of carbonyl (C=O) groups is 3. The van der Waals surface area contributed by atoms with E-state index < -0.39 is 23.6 Å². The zero-order valence-corrected chi connectivity index (χ0v) is 19.8. The molecule has 1 aromatic heterocycles. The van der Waals surface area contributed by atoms with E-state index in [1.165, 1.54) is 4.68 Å². The number of rotatable bonds is 5. The molecule has 2 aliphatic rings. The number of amides is 2. The summed E-state index contributed by atoms with van der Waals surface area (Å²) in [4.78, 5) is 39.7. The molecule has 4 rings (SSSR count). The number of benzene rings is 1. The number of likely N-dealkylation sites (tertiary alicyclic amines) is 1. The van der Waals surface area contributed by atoms with Crippen molar-refractivity contribution in [2.75, 3.05) is 25.0 Å². The maximum Gasteiger partial charge on any atom is 0.435 e. The van der Waals surface area contributed by atoms with Gasteiger partial charge >= 0.3 is 12.2 Å². The summed E-state index contributed by atoms with van der Waals surface area (Å²) < 4.78 is 11.8. The van der Waals surface area contributed by atoms with Crippen molar-refractivity contribution in [1.29, 1.82) is 0 Å². The molecule has 34 heavy (non-hydrogen) atoms. The highest BCUT2D eigenvalue weighted by Crippen LogP contribution is 2.35. The Morgan fingerprint density at radius 1 is 1.18 bits per heavy atom. The van der Waals surface area contributed by atoms with E-state index in [1.807, 2.05) is 44.2 Å². The van der Waals surface area contributed by atoms with Crippen LogP contribution in [0.5, 0.6) is 0 Å². The summed E-state index contributed by atoms with van der Waals surface area (Å²) in [7, 11) is 0. The third kappa shape index (κ3) is 4.91. The number of piperidine rings is 1. The van der Waals surface area contributed by atoms with E-state index in [9.17, 15) is 14.4 Å². The second-order valence-corrected chi connectivity index (χ2v) is 9.08. The van der Waals surface area contributed by atoms with Gasteiger partial charge in [0, 0.05) is 25.2 Å². The Hall–Kier alpha value is -3.40. The maximum absolute atomic E-state index is 13.1. The van der Waals surface area contributed by atoms with E-state index in [0.29, 0.717) is 37.4 Å². The standard InChI is InChI=1S/C24H31N5O5/c1-4-33-23(32)29-19-18(13-25-24(19,2)3)20(27-29)26-21(30)17-11-8-12-28(14-17)22(31)34-15-16-9-6-5-7-10-16/h5-7,9-10,17,25H,4,8,11-15H2,1-3H3,(H,26,27,30)/t17-/m1/s1. The Balaban J connectivity index is 1.42. The van der Waals surface area contributed by atoms with Crippen molar-refractivity contribution in [3.05, 3.63) is 47.2 Å². The molecule has 1 fully saturated rings. The van der Waals surface area contributed by atoms with E-state index >= 15 is 0 Å². The van der Waals surface area contributed by atoms with Crippen molar-refractivity contribution in [2.45, 2.75) is 52.3 Å². The number of nitrogens with one attached hydrogen (secondary N) is 2. The van der Waals surface area contributed by atoms with E-state index in [0.717, 1.165) is 11.1 Å². The van der Waals surface area contributed by atoms with Crippen molar-refractivity contribution in [1.82, 2.24) is 20.0 Å². The lowest BCUT2D eigenvalue weighted by atomic mass is 9.97. The van der Waals surface area contributed by atoms with Crippen molar-refractivity contribution < 1.29 is 23.9 Å². The van der Waals surface area contributed by atoms with Crippen LogP contribution in [-0.2, 0) is 33.0 Å². The molecule has 2 amide bonds. The predicted molar refractivity (Wildman–Crippen MR) is 124 cm³/mol. The van der Waals surface area contributed by atoms with Crippen molar-refractivity contribution in [3.8, 4) is 0 Å². The van der Waals surface area contributed by atoms with Gasteiger partial charge in [0.15, 0.2) is 5.82 Å². The number of fused-ring (bicyclic) bond motifs is 1.